The fourth-order valence-electron chi connectivity index (χ4n) is 2.12. The summed E-state index contributed by atoms with van der Waals surface area (Å²) in [4.78, 5) is 8.65. The van der Waals surface area contributed by atoms with Crippen molar-refractivity contribution >= 4 is 0 Å². The lowest BCUT2D eigenvalue weighted by Crippen LogP contribution is -2.20. The first-order valence-corrected chi connectivity index (χ1v) is 7.52. The molecule has 2 heterocycles. The van der Waals surface area contributed by atoms with E-state index in [1.54, 1.807) is 12.4 Å². The standard InChI is InChI=1S/C17H23N3O/c1-3-10-18-14(2)16-8-6-12-20-17(16)21-13-9-15-7-4-5-11-19-15/h4-8,11-12,14,18H,3,9-10,13H2,1-2H3. The Kier molecular flexibility index (Phi) is 6.16. The molecule has 112 valence electrons. The molecule has 21 heavy (non-hydrogen) atoms. The predicted octanol–water partition coefficient (Wildman–Crippen LogP) is 3.16. The summed E-state index contributed by atoms with van der Waals surface area (Å²) >= 11 is 0. The van der Waals surface area contributed by atoms with Gasteiger partial charge in [0.2, 0.25) is 5.88 Å². The average molecular weight is 285 g/mol. The summed E-state index contributed by atoms with van der Waals surface area (Å²) in [6.45, 7) is 5.87. The average Bonchev–Trinajstić information content (AvgIpc) is 2.54. The van der Waals surface area contributed by atoms with E-state index in [4.69, 9.17) is 4.74 Å². The Morgan fingerprint density at radius 1 is 1.14 bits per heavy atom. The third kappa shape index (κ3) is 4.83. The molecule has 0 fully saturated rings. The predicted molar refractivity (Wildman–Crippen MR) is 84.4 cm³/mol. The summed E-state index contributed by atoms with van der Waals surface area (Å²) in [7, 11) is 0. The minimum Gasteiger partial charge on any atom is -0.477 e. The van der Waals surface area contributed by atoms with E-state index in [9.17, 15) is 0 Å². The first kappa shape index (κ1) is 15.4. The molecule has 0 radical (unpaired) electrons. The summed E-state index contributed by atoms with van der Waals surface area (Å²) in [5, 5.41) is 3.46. The number of hydrogen-bond acceptors (Lipinski definition) is 4. The van der Waals surface area contributed by atoms with E-state index in [2.05, 4.69) is 35.2 Å². The van der Waals surface area contributed by atoms with Crippen molar-refractivity contribution in [2.75, 3.05) is 13.2 Å². The molecule has 2 aromatic heterocycles. The van der Waals surface area contributed by atoms with E-state index in [-0.39, 0.29) is 6.04 Å². The SMILES string of the molecule is CCCNC(C)c1cccnc1OCCc1ccccn1. The number of rotatable bonds is 8. The Balaban J connectivity index is 1.93. The molecule has 0 spiro atoms. The van der Waals surface area contributed by atoms with Gasteiger partial charge in [-0.2, -0.15) is 0 Å². The van der Waals surface area contributed by atoms with Gasteiger partial charge in [-0.15, -0.1) is 0 Å². The van der Waals surface area contributed by atoms with Gasteiger partial charge < -0.3 is 10.1 Å². The van der Waals surface area contributed by atoms with Crippen LogP contribution in [0.25, 0.3) is 0 Å². The molecule has 1 atom stereocenters. The van der Waals surface area contributed by atoms with Crippen molar-refractivity contribution < 1.29 is 4.74 Å². The van der Waals surface area contributed by atoms with E-state index in [1.165, 1.54) is 0 Å². The highest BCUT2D eigenvalue weighted by molar-refractivity contribution is 5.28. The maximum atomic E-state index is 5.85. The van der Waals surface area contributed by atoms with Crippen LogP contribution in [0.2, 0.25) is 0 Å². The van der Waals surface area contributed by atoms with Gasteiger partial charge in [-0.3, -0.25) is 4.98 Å². The normalized spacial score (nSPS) is 12.1. The Labute approximate surface area is 126 Å². The Morgan fingerprint density at radius 3 is 2.76 bits per heavy atom. The number of nitrogens with zero attached hydrogens (tertiary/aromatic N) is 2. The van der Waals surface area contributed by atoms with Crippen LogP contribution < -0.4 is 10.1 Å². The van der Waals surface area contributed by atoms with E-state index < -0.39 is 0 Å². The van der Waals surface area contributed by atoms with Crippen LogP contribution in [0.5, 0.6) is 5.88 Å². The van der Waals surface area contributed by atoms with Gasteiger partial charge in [-0.05, 0) is 38.1 Å². The van der Waals surface area contributed by atoms with Crippen LogP contribution in [-0.4, -0.2) is 23.1 Å². The maximum absolute atomic E-state index is 5.85. The number of hydrogen-bond donors (Lipinski definition) is 1. The van der Waals surface area contributed by atoms with Crippen molar-refractivity contribution in [3.05, 3.63) is 54.0 Å². The van der Waals surface area contributed by atoms with Crippen molar-refractivity contribution in [2.45, 2.75) is 32.7 Å². The van der Waals surface area contributed by atoms with Gasteiger partial charge in [0.15, 0.2) is 0 Å². The van der Waals surface area contributed by atoms with Crippen LogP contribution in [0.3, 0.4) is 0 Å². The van der Waals surface area contributed by atoms with Gasteiger partial charge in [-0.25, -0.2) is 4.98 Å². The molecule has 0 aliphatic rings. The molecule has 0 bridgehead atoms. The van der Waals surface area contributed by atoms with Crippen LogP contribution in [0, 0.1) is 0 Å². The zero-order chi connectivity index (χ0) is 14.9. The number of nitrogens with one attached hydrogen (secondary N) is 1. The van der Waals surface area contributed by atoms with Gasteiger partial charge in [0.1, 0.15) is 0 Å². The molecule has 0 aromatic carbocycles. The molecule has 0 saturated heterocycles. The molecule has 2 aromatic rings. The maximum Gasteiger partial charge on any atom is 0.218 e. The van der Waals surface area contributed by atoms with Crippen LogP contribution in [-0.2, 0) is 6.42 Å². The summed E-state index contributed by atoms with van der Waals surface area (Å²) in [5.41, 5.74) is 2.14. The molecule has 4 heteroatoms. The molecule has 4 nitrogen and oxygen atoms in total. The Hall–Kier alpha value is -1.94. The number of pyridine rings is 2. The molecule has 0 amide bonds. The summed E-state index contributed by atoms with van der Waals surface area (Å²) in [6.07, 6.45) is 5.47. The molecule has 1 N–H and O–H groups in total. The Morgan fingerprint density at radius 2 is 2.00 bits per heavy atom. The summed E-state index contributed by atoms with van der Waals surface area (Å²) in [5.74, 6) is 0.713. The zero-order valence-corrected chi connectivity index (χ0v) is 12.7. The molecule has 2 rings (SSSR count). The lowest BCUT2D eigenvalue weighted by molar-refractivity contribution is 0.301. The first-order chi connectivity index (χ1) is 10.3. The van der Waals surface area contributed by atoms with Gasteiger partial charge >= 0.3 is 0 Å². The van der Waals surface area contributed by atoms with Gasteiger partial charge in [0, 0.05) is 36.1 Å². The lowest BCUT2D eigenvalue weighted by Gasteiger charge is -2.17. The fourth-order valence-corrected chi connectivity index (χ4v) is 2.12. The molecule has 1 unspecified atom stereocenters. The van der Waals surface area contributed by atoms with Crippen LogP contribution in [0.1, 0.15) is 37.6 Å². The fraction of sp³-hybridized carbons (Fsp3) is 0.412. The van der Waals surface area contributed by atoms with Crippen molar-refractivity contribution in [1.82, 2.24) is 15.3 Å². The largest absolute Gasteiger partial charge is 0.477 e. The molecule has 0 aliphatic heterocycles. The topological polar surface area (TPSA) is 47.0 Å². The smallest absolute Gasteiger partial charge is 0.218 e. The van der Waals surface area contributed by atoms with Crippen molar-refractivity contribution in [2.24, 2.45) is 0 Å². The summed E-state index contributed by atoms with van der Waals surface area (Å²) < 4.78 is 5.85. The lowest BCUT2D eigenvalue weighted by atomic mass is 10.1. The second-order valence-corrected chi connectivity index (χ2v) is 4.99. The first-order valence-electron chi connectivity index (χ1n) is 7.52. The van der Waals surface area contributed by atoms with Gasteiger partial charge in [0.05, 0.1) is 6.61 Å². The third-order valence-electron chi connectivity index (χ3n) is 3.29. The molecule has 0 aliphatic carbocycles. The highest BCUT2D eigenvalue weighted by Gasteiger charge is 2.11. The van der Waals surface area contributed by atoms with Gasteiger partial charge in [-0.1, -0.05) is 19.1 Å². The molecule has 0 saturated carbocycles. The van der Waals surface area contributed by atoms with Gasteiger partial charge in [0.25, 0.3) is 0 Å². The quantitative estimate of drug-likeness (QED) is 0.809. The molecular weight excluding hydrogens is 262 g/mol. The number of aromatic nitrogens is 2. The summed E-state index contributed by atoms with van der Waals surface area (Å²) in [6, 6.07) is 10.2. The van der Waals surface area contributed by atoms with Crippen molar-refractivity contribution in [1.29, 1.82) is 0 Å². The van der Waals surface area contributed by atoms with E-state index in [1.807, 2.05) is 24.3 Å². The van der Waals surface area contributed by atoms with Crippen molar-refractivity contribution in [3.8, 4) is 5.88 Å². The minimum atomic E-state index is 0.239. The second kappa shape index (κ2) is 8.37. The van der Waals surface area contributed by atoms with E-state index >= 15 is 0 Å². The number of ether oxygens (including phenoxy) is 1. The molecular formula is C17H23N3O. The monoisotopic (exact) mass is 285 g/mol. The minimum absolute atomic E-state index is 0.239. The van der Waals surface area contributed by atoms with E-state index in [0.29, 0.717) is 12.5 Å². The van der Waals surface area contributed by atoms with Crippen molar-refractivity contribution in [3.63, 3.8) is 0 Å². The third-order valence-corrected chi connectivity index (χ3v) is 3.29. The highest BCUT2D eigenvalue weighted by atomic mass is 16.5. The van der Waals surface area contributed by atoms with Crippen LogP contribution >= 0.6 is 0 Å². The second-order valence-electron chi connectivity index (χ2n) is 4.99. The highest BCUT2D eigenvalue weighted by Crippen LogP contribution is 2.22. The van der Waals surface area contributed by atoms with Crippen LogP contribution in [0.4, 0.5) is 0 Å². The zero-order valence-electron chi connectivity index (χ0n) is 12.7. The van der Waals surface area contributed by atoms with Crippen LogP contribution in [0.15, 0.2) is 42.7 Å². The van der Waals surface area contributed by atoms with E-state index in [0.717, 1.165) is 30.6 Å². The Bertz CT molecular complexity index is 531.